The summed E-state index contributed by atoms with van der Waals surface area (Å²) in [5.74, 6) is -0.954. The third-order valence-electron chi connectivity index (χ3n) is 4.12. The van der Waals surface area contributed by atoms with E-state index in [-0.39, 0.29) is 27.6 Å². The van der Waals surface area contributed by atoms with Gasteiger partial charge in [-0.15, -0.1) is 0 Å². The summed E-state index contributed by atoms with van der Waals surface area (Å²) in [6.45, 7) is 0. The van der Waals surface area contributed by atoms with Gasteiger partial charge in [-0.05, 0) is 54.7 Å². The zero-order chi connectivity index (χ0) is 24.6. The Kier molecular flexibility index (Phi) is 6.96. The van der Waals surface area contributed by atoms with Gasteiger partial charge in [-0.1, -0.05) is 29.3 Å². The summed E-state index contributed by atoms with van der Waals surface area (Å²) in [7, 11) is 0. The van der Waals surface area contributed by atoms with Gasteiger partial charge >= 0.3 is 12.4 Å². The van der Waals surface area contributed by atoms with E-state index in [1.807, 2.05) is 0 Å². The topological polar surface area (TPSA) is 54.3 Å². The summed E-state index contributed by atoms with van der Waals surface area (Å²) in [6.07, 6.45) is -10.1. The number of carbonyl (C=O) groups is 1. The fourth-order valence-electron chi connectivity index (χ4n) is 2.65. The van der Waals surface area contributed by atoms with Crippen molar-refractivity contribution in [3.05, 3.63) is 75.5 Å². The molecule has 0 unspecified atom stereocenters. The maximum Gasteiger partial charge on any atom is 0.416 e. The minimum Gasteiger partial charge on any atom is -0.451 e. The molecule has 0 saturated carbocycles. The molecule has 0 atom stereocenters. The second-order valence-corrected chi connectivity index (χ2v) is 7.66. The minimum absolute atomic E-state index is 0.0296. The van der Waals surface area contributed by atoms with Crippen LogP contribution in [-0.2, 0) is 12.4 Å². The van der Waals surface area contributed by atoms with Crippen molar-refractivity contribution < 1.29 is 35.6 Å². The lowest BCUT2D eigenvalue weighted by Gasteiger charge is -2.15. The van der Waals surface area contributed by atoms with E-state index < -0.39 is 40.2 Å². The molecule has 33 heavy (non-hydrogen) atoms. The summed E-state index contributed by atoms with van der Waals surface area (Å²) >= 11 is 16.9. The number of nitrogens with one attached hydrogen (secondary N) is 2. The molecule has 1 aromatic heterocycles. The third kappa shape index (κ3) is 5.98. The van der Waals surface area contributed by atoms with E-state index in [9.17, 15) is 31.1 Å². The normalized spacial score (nSPS) is 11.9. The van der Waals surface area contributed by atoms with Gasteiger partial charge in [-0.2, -0.15) is 26.3 Å². The summed E-state index contributed by atoms with van der Waals surface area (Å²) in [5.41, 5.74) is -3.30. The van der Waals surface area contributed by atoms with Crippen LogP contribution in [0.4, 0.5) is 32.0 Å². The first kappa shape index (κ1) is 24.9. The number of benzene rings is 2. The quantitative estimate of drug-likeness (QED) is 0.275. The Morgan fingerprint density at radius 1 is 0.909 bits per heavy atom. The van der Waals surface area contributed by atoms with E-state index in [2.05, 4.69) is 10.6 Å². The third-order valence-corrected chi connectivity index (χ3v) is 5.14. The van der Waals surface area contributed by atoms with Gasteiger partial charge in [0.05, 0.1) is 21.2 Å². The van der Waals surface area contributed by atoms with Gasteiger partial charge in [0, 0.05) is 11.3 Å². The second-order valence-electron chi connectivity index (χ2n) is 6.47. The number of rotatable bonds is 3. The number of furan rings is 1. The van der Waals surface area contributed by atoms with E-state index in [0.717, 1.165) is 0 Å². The summed E-state index contributed by atoms with van der Waals surface area (Å²) in [5, 5.41) is 4.14. The molecule has 0 fully saturated rings. The molecule has 2 N–H and O–H groups in total. The summed E-state index contributed by atoms with van der Waals surface area (Å²) in [4.78, 5) is 12.3. The Morgan fingerprint density at radius 2 is 1.52 bits per heavy atom. The van der Waals surface area contributed by atoms with Crippen LogP contribution in [0.2, 0.25) is 10.0 Å². The monoisotopic (exact) mass is 526 g/mol. The van der Waals surface area contributed by atoms with E-state index in [1.165, 1.54) is 12.1 Å². The van der Waals surface area contributed by atoms with Crippen molar-refractivity contribution in [3.8, 4) is 11.3 Å². The van der Waals surface area contributed by atoms with Crippen LogP contribution in [0.1, 0.15) is 21.7 Å². The SMILES string of the molecule is O=C(NC(=S)Nc1cc(C(F)(F)F)cc(C(F)(F)F)c1)c1ccc(-c2cccc(Cl)c2Cl)o1. The Labute approximate surface area is 197 Å². The molecule has 13 heteroatoms. The predicted molar refractivity (Wildman–Crippen MR) is 114 cm³/mol. The molecular weight excluding hydrogens is 517 g/mol. The Morgan fingerprint density at radius 3 is 2.09 bits per heavy atom. The maximum absolute atomic E-state index is 13.0. The van der Waals surface area contributed by atoms with Gasteiger partial charge in [-0.25, -0.2) is 0 Å². The molecule has 2 aromatic carbocycles. The largest absolute Gasteiger partial charge is 0.451 e. The molecule has 0 aliphatic heterocycles. The molecule has 0 saturated heterocycles. The first-order chi connectivity index (χ1) is 15.3. The highest BCUT2D eigenvalue weighted by Gasteiger charge is 2.37. The molecule has 0 aliphatic carbocycles. The van der Waals surface area contributed by atoms with Crippen molar-refractivity contribution in [3.63, 3.8) is 0 Å². The summed E-state index contributed by atoms with van der Waals surface area (Å²) < 4.78 is 83.2. The highest BCUT2D eigenvalue weighted by molar-refractivity contribution is 7.80. The van der Waals surface area contributed by atoms with Gasteiger partial charge in [0.2, 0.25) is 0 Å². The van der Waals surface area contributed by atoms with Crippen LogP contribution >= 0.6 is 35.4 Å². The van der Waals surface area contributed by atoms with Crippen LogP contribution < -0.4 is 10.6 Å². The van der Waals surface area contributed by atoms with Crippen molar-refractivity contribution in [2.45, 2.75) is 12.4 Å². The van der Waals surface area contributed by atoms with Gasteiger partial charge in [0.15, 0.2) is 10.9 Å². The van der Waals surface area contributed by atoms with Gasteiger partial charge < -0.3 is 9.73 Å². The highest BCUT2D eigenvalue weighted by atomic mass is 35.5. The number of alkyl halides is 6. The van der Waals surface area contributed by atoms with Gasteiger partial charge in [-0.3, -0.25) is 10.1 Å². The van der Waals surface area contributed by atoms with Crippen molar-refractivity contribution >= 4 is 52.1 Å². The first-order valence-electron chi connectivity index (χ1n) is 8.72. The standard InChI is InChI=1S/C20H10Cl2F6N2O2S/c21-13-3-1-2-12(16(13)22)14-4-5-15(32-14)17(31)30-18(33)29-11-7-9(19(23,24)25)6-10(8-11)20(26,27)28/h1-8H,(H2,29,30,31,33). The molecule has 3 aromatic rings. The molecule has 1 heterocycles. The van der Waals surface area contributed by atoms with Crippen LogP contribution in [0.15, 0.2) is 52.9 Å². The van der Waals surface area contributed by atoms with E-state index in [4.69, 9.17) is 39.8 Å². The van der Waals surface area contributed by atoms with E-state index >= 15 is 0 Å². The predicted octanol–water partition coefficient (Wildman–Crippen LogP) is 7.42. The molecule has 0 radical (unpaired) electrons. The first-order valence-corrected chi connectivity index (χ1v) is 9.88. The number of halogens is 8. The Balaban J connectivity index is 1.77. The fourth-order valence-corrected chi connectivity index (χ4v) is 3.26. The molecule has 0 spiro atoms. The fraction of sp³-hybridized carbons (Fsp3) is 0.100. The highest BCUT2D eigenvalue weighted by Crippen LogP contribution is 2.38. The average Bonchev–Trinajstić information content (AvgIpc) is 3.18. The zero-order valence-electron chi connectivity index (χ0n) is 15.9. The minimum atomic E-state index is -5.03. The number of thiocarbonyl (C=S) groups is 1. The van der Waals surface area contributed by atoms with Crippen molar-refractivity contribution in [2.75, 3.05) is 5.32 Å². The molecule has 174 valence electrons. The summed E-state index contributed by atoms with van der Waals surface area (Å²) in [6, 6.07) is 8.27. The zero-order valence-corrected chi connectivity index (χ0v) is 18.2. The molecular formula is C20H10Cl2F6N2O2S. The molecule has 3 rings (SSSR count). The number of hydrogen-bond donors (Lipinski definition) is 2. The number of hydrogen-bond acceptors (Lipinski definition) is 3. The maximum atomic E-state index is 13.0. The van der Waals surface area contributed by atoms with Crippen LogP contribution in [-0.4, -0.2) is 11.0 Å². The lowest BCUT2D eigenvalue weighted by Crippen LogP contribution is -2.34. The number of amides is 1. The van der Waals surface area contributed by atoms with E-state index in [0.29, 0.717) is 17.7 Å². The number of anilines is 1. The van der Waals surface area contributed by atoms with Crippen molar-refractivity contribution in [2.24, 2.45) is 0 Å². The molecule has 1 amide bonds. The van der Waals surface area contributed by atoms with Crippen LogP contribution in [0.5, 0.6) is 0 Å². The lowest BCUT2D eigenvalue weighted by atomic mass is 10.1. The van der Waals surface area contributed by atoms with Gasteiger partial charge in [0.25, 0.3) is 5.91 Å². The van der Waals surface area contributed by atoms with Crippen molar-refractivity contribution in [1.82, 2.24) is 5.32 Å². The van der Waals surface area contributed by atoms with Crippen molar-refractivity contribution in [1.29, 1.82) is 0 Å². The van der Waals surface area contributed by atoms with E-state index in [1.54, 1.807) is 18.2 Å². The smallest absolute Gasteiger partial charge is 0.416 e. The Bertz CT molecular complexity index is 1190. The van der Waals surface area contributed by atoms with Gasteiger partial charge in [0.1, 0.15) is 5.76 Å². The van der Waals surface area contributed by atoms with Crippen LogP contribution in [0.3, 0.4) is 0 Å². The number of carbonyl (C=O) groups excluding carboxylic acids is 1. The average molecular weight is 527 g/mol. The second kappa shape index (κ2) is 9.24. The Hall–Kier alpha value is -2.76. The molecule has 0 bridgehead atoms. The lowest BCUT2D eigenvalue weighted by molar-refractivity contribution is -0.143. The molecule has 0 aliphatic rings. The molecule has 4 nitrogen and oxygen atoms in total. The van der Waals surface area contributed by atoms with Crippen LogP contribution in [0.25, 0.3) is 11.3 Å². The van der Waals surface area contributed by atoms with Crippen LogP contribution in [0, 0.1) is 0 Å².